The van der Waals surface area contributed by atoms with Gasteiger partial charge in [-0.25, -0.2) is 8.42 Å². The molecule has 0 spiro atoms. The average Bonchev–Trinajstić information content (AvgIpc) is 3.03. The fourth-order valence-corrected chi connectivity index (χ4v) is 6.99. The number of amides is 2. The number of hydrogen-bond donors (Lipinski definition) is 1. The maximum absolute atomic E-state index is 14.2. The molecule has 10 heteroatoms. The second-order valence-electron chi connectivity index (χ2n) is 10.8. The Hall–Kier alpha value is -3.56. The van der Waals surface area contributed by atoms with Gasteiger partial charge in [0.2, 0.25) is 11.8 Å². The van der Waals surface area contributed by atoms with Crippen LogP contribution >= 0.6 is 11.6 Å². The molecule has 4 rings (SSSR count). The highest BCUT2D eigenvalue weighted by atomic mass is 35.5. The van der Waals surface area contributed by atoms with E-state index in [-0.39, 0.29) is 29.1 Å². The summed E-state index contributed by atoms with van der Waals surface area (Å²) < 4.78 is 34.3. The Labute approximate surface area is 260 Å². The molecule has 1 N–H and O–H groups in total. The minimum Gasteiger partial charge on any atom is -0.497 e. The molecule has 8 nitrogen and oxygen atoms in total. The summed E-state index contributed by atoms with van der Waals surface area (Å²) in [7, 11) is -2.68. The van der Waals surface area contributed by atoms with E-state index >= 15 is 0 Å². The van der Waals surface area contributed by atoms with E-state index in [1.54, 1.807) is 36.4 Å². The van der Waals surface area contributed by atoms with Gasteiger partial charge in [0.15, 0.2) is 0 Å². The van der Waals surface area contributed by atoms with Crippen molar-refractivity contribution in [2.45, 2.75) is 68.8 Å². The van der Waals surface area contributed by atoms with Crippen molar-refractivity contribution in [1.29, 1.82) is 0 Å². The van der Waals surface area contributed by atoms with Crippen LogP contribution in [0.25, 0.3) is 0 Å². The summed E-state index contributed by atoms with van der Waals surface area (Å²) in [6, 6.07) is 21.4. The van der Waals surface area contributed by atoms with Crippen LogP contribution in [-0.4, -0.2) is 57.4 Å². The van der Waals surface area contributed by atoms with Crippen LogP contribution in [0, 0.1) is 0 Å². The van der Waals surface area contributed by atoms with Gasteiger partial charge in [-0.05, 0) is 79.8 Å². The minimum atomic E-state index is -4.18. The smallest absolute Gasteiger partial charge is 0.264 e. The molecule has 1 unspecified atom stereocenters. The van der Waals surface area contributed by atoms with Crippen LogP contribution in [0.2, 0.25) is 5.02 Å². The molecule has 0 heterocycles. The highest BCUT2D eigenvalue weighted by Gasteiger charge is 2.34. The van der Waals surface area contributed by atoms with Gasteiger partial charge in [0.1, 0.15) is 18.3 Å². The predicted molar refractivity (Wildman–Crippen MR) is 170 cm³/mol. The fourth-order valence-electron chi connectivity index (χ4n) is 5.45. The number of anilines is 1. The Bertz CT molecular complexity index is 1440. The summed E-state index contributed by atoms with van der Waals surface area (Å²) in [5.41, 5.74) is 1.31. The monoisotopic (exact) mass is 625 g/mol. The average molecular weight is 626 g/mol. The highest BCUT2D eigenvalue weighted by Crippen LogP contribution is 2.27. The van der Waals surface area contributed by atoms with Crippen LogP contribution in [0.1, 0.15) is 51.0 Å². The summed E-state index contributed by atoms with van der Waals surface area (Å²) in [6.45, 7) is 1.65. The van der Waals surface area contributed by atoms with Gasteiger partial charge >= 0.3 is 0 Å². The van der Waals surface area contributed by atoms with Crippen LogP contribution in [-0.2, 0) is 26.0 Å². The van der Waals surface area contributed by atoms with E-state index in [0.29, 0.717) is 23.6 Å². The summed E-state index contributed by atoms with van der Waals surface area (Å²) in [5, 5.41) is 3.61. The van der Waals surface area contributed by atoms with Gasteiger partial charge in [0, 0.05) is 17.6 Å². The second kappa shape index (κ2) is 15.3. The first-order chi connectivity index (χ1) is 20.7. The van der Waals surface area contributed by atoms with Crippen molar-refractivity contribution >= 4 is 39.1 Å². The third-order valence-electron chi connectivity index (χ3n) is 7.86. The van der Waals surface area contributed by atoms with Gasteiger partial charge in [0.25, 0.3) is 10.0 Å². The molecule has 3 aromatic carbocycles. The number of hydrogen-bond acceptors (Lipinski definition) is 5. The third kappa shape index (κ3) is 8.51. The Morgan fingerprint density at radius 1 is 0.953 bits per heavy atom. The van der Waals surface area contributed by atoms with E-state index in [0.717, 1.165) is 42.0 Å². The van der Waals surface area contributed by atoms with Crippen molar-refractivity contribution in [1.82, 2.24) is 10.2 Å². The summed E-state index contributed by atoms with van der Waals surface area (Å²) in [5.74, 6) is -0.157. The number of carbonyl (C=O) groups excluding carboxylic acids is 2. The lowest BCUT2D eigenvalue weighted by atomic mass is 9.95. The molecule has 1 saturated carbocycles. The SMILES string of the molecule is CCC(C(=O)NC1CCCCC1)N(CCc1ccccc1)C(=O)CN(c1ccc(Cl)cc1)S(=O)(=O)c1ccc(OC)cc1. The molecule has 2 amide bonds. The van der Waals surface area contributed by atoms with Crippen molar-refractivity contribution in [3.8, 4) is 5.75 Å². The number of rotatable bonds is 13. The Balaban J connectivity index is 1.66. The maximum atomic E-state index is 14.2. The second-order valence-corrected chi connectivity index (χ2v) is 13.1. The zero-order valence-electron chi connectivity index (χ0n) is 24.7. The molecule has 0 bridgehead atoms. The molecule has 230 valence electrons. The zero-order chi connectivity index (χ0) is 30.8. The van der Waals surface area contributed by atoms with Crippen molar-refractivity contribution < 1.29 is 22.7 Å². The highest BCUT2D eigenvalue weighted by molar-refractivity contribution is 7.92. The summed E-state index contributed by atoms with van der Waals surface area (Å²) in [4.78, 5) is 29.3. The van der Waals surface area contributed by atoms with Gasteiger partial charge in [-0.1, -0.05) is 68.1 Å². The molecule has 0 aromatic heterocycles. The molecule has 1 fully saturated rings. The van der Waals surface area contributed by atoms with E-state index in [2.05, 4.69) is 5.32 Å². The first-order valence-electron chi connectivity index (χ1n) is 14.8. The first kappa shape index (κ1) is 32.4. The molecule has 3 aromatic rings. The Morgan fingerprint density at radius 3 is 2.21 bits per heavy atom. The van der Waals surface area contributed by atoms with Gasteiger partial charge in [-0.2, -0.15) is 0 Å². The van der Waals surface area contributed by atoms with Crippen LogP contribution in [0.4, 0.5) is 5.69 Å². The van der Waals surface area contributed by atoms with E-state index in [9.17, 15) is 18.0 Å². The Morgan fingerprint density at radius 2 is 1.60 bits per heavy atom. The number of methoxy groups -OCH3 is 1. The molecule has 1 aliphatic rings. The lowest BCUT2D eigenvalue weighted by Gasteiger charge is -2.34. The number of nitrogens with zero attached hydrogens (tertiary/aromatic N) is 2. The molecule has 0 aliphatic heterocycles. The molecular formula is C33H40ClN3O5S. The van der Waals surface area contributed by atoms with Gasteiger partial charge < -0.3 is 15.0 Å². The number of benzene rings is 3. The predicted octanol–water partition coefficient (Wildman–Crippen LogP) is 5.84. The molecule has 1 atom stereocenters. The molecule has 0 saturated heterocycles. The summed E-state index contributed by atoms with van der Waals surface area (Å²) >= 11 is 6.11. The topological polar surface area (TPSA) is 96.0 Å². The van der Waals surface area contributed by atoms with Crippen LogP contribution in [0.15, 0.2) is 83.8 Å². The number of halogens is 1. The third-order valence-corrected chi connectivity index (χ3v) is 9.90. The molecule has 0 radical (unpaired) electrons. The maximum Gasteiger partial charge on any atom is 0.264 e. The number of carbonyl (C=O) groups is 2. The largest absolute Gasteiger partial charge is 0.497 e. The normalized spacial score (nSPS) is 14.5. The quantitative estimate of drug-likeness (QED) is 0.257. The van der Waals surface area contributed by atoms with Gasteiger partial charge in [0.05, 0.1) is 17.7 Å². The first-order valence-corrected chi connectivity index (χ1v) is 16.6. The number of nitrogens with one attached hydrogen (secondary N) is 1. The van der Waals surface area contributed by atoms with E-state index in [1.165, 1.54) is 24.1 Å². The lowest BCUT2D eigenvalue weighted by Crippen LogP contribution is -2.54. The zero-order valence-corrected chi connectivity index (χ0v) is 26.3. The van der Waals surface area contributed by atoms with Crippen LogP contribution < -0.4 is 14.4 Å². The van der Waals surface area contributed by atoms with Crippen molar-refractivity contribution in [3.63, 3.8) is 0 Å². The number of ether oxygens (including phenoxy) is 1. The van der Waals surface area contributed by atoms with E-state index in [1.807, 2.05) is 37.3 Å². The minimum absolute atomic E-state index is 0.00830. The van der Waals surface area contributed by atoms with E-state index in [4.69, 9.17) is 16.3 Å². The Kier molecular flexibility index (Phi) is 11.5. The van der Waals surface area contributed by atoms with Crippen molar-refractivity contribution in [3.05, 3.63) is 89.4 Å². The van der Waals surface area contributed by atoms with Crippen molar-refractivity contribution in [2.24, 2.45) is 0 Å². The van der Waals surface area contributed by atoms with Crippen molar-refractivity contribution in [2.75, 3.05) is 24.5 Å². The van der Waals surface area contributed by atoms with E-state index < -0.39 is 28.5 Å². The van der Waals surface area contributed by atoms with Gasteiger partial charge in [-0.3, -0.25) is 13.9 Å². The standard InChI is InChI=1S/C33H40ClN3O5S/c1-3-31(33(39)35-27-12-8-5-9-13-27)36(23-22-25-10-6-4-7-11-25)32(38)24-37(28-16-14-26(34)15-17-28)43(40,41)30-20-18-29(42-2)19-21-30/h4,6-7,10-11,14-21,27,31H,3,5,8-9,12-13,22-24H2,1-2H3,(H,35,39). The fraction of sp³-hybridized carbons (Fsp3) is 0.394. The van der Waals surface area contributed by atoms with Gasteiger partial charge in [-0.15, -0.1) is 0 Å². The van der Waals surface area contributed by atoms with Crippen LogP contribution in [0.5, 0.6) is 5.75 Å². The lowest BCUT2D eigenvalue weighted by molar-refractivity contribution is -0.140. The molecule has 43 heavy (non-hydrogen) atoms. The van der Waals surface area contributed by atoms with Crippen LogP contribution in [0.3, 0.4) is 0 Å². The molecule has 1 aliphatic carbocycles. The number of sulfonamides is 1. The molecular weight excluding hydrogens is 586 g/mol. The summed E-state index contributed by atoms with van der Waals surface area (Å²) in [6.07, 6.45) is 6.05.